The molecule has 1 fully saturated rings. The number of esters is 1. The summed E-state index contributed by atoms with van der Waals surface area (Å²) in [4.78, 5) is 11.9. The van der Waals surface area contributed by atoms with E-state index in [9.17, 15) is 4.79 Å². The maximum absolute atomic E-state index is 11.9. The Labute approximate surface area is 119 Å². The van der Waals surface area contributed by atoms with Crippen LogP contribution in [0.25, 0.3) is 0 Å². The van der Waals surface area contributed by atoms with E-state index in [0.29, 0.717) is 19.6 Å². The van der Waals surface area contributed by atoms with Crippen molar-refractivity contribution >= 4 is 18.4 Å². The van der Waals surface area contributed by atoms with Crippen molar-refractivity contribution in [1.29, 1.82) is 0 Å². The van der Waals surface area contributed by atoms with Gasteiger partial charge in [0.15, 0.2) is 5.60 Å². The lowest BCUT2D eigenvalue weighted by molar-refractivity contribution is -0.163. The second-order valence-corrected chi connectivity index (χ2v) is 4.64. The van der Waals surface area contributed by atoms with Gasteiger partial charge in [0.2, 0.25) is 0 Å². The van der Waals surface area contributed by atoms with Gasteiger partial charge in [0.1, 0.15) is 0 Å². The predicted molar refractivity (Wildman–Crippen MR) is 75.2 cm³/mol. The Morgan fingerprint density at radius 3 is 2.47 bits per heavy atom. The number of methoxy groups -OCH3 is 1. The highest BCUT2D eigenvalue weighted by Crippen LogP contribution is 2.31. The summed E-state index contributed by atoms with van der Waals surface area (Å²) in [7, 11) is 1.41. The van der Waals surface area contributed by atoms with E-state index in [-0.39, 0.29) is 18.4 Å². The minimum atomic E-state index is -0.793. The number of carbonyl (C=O) groups is 1. The molecule has 0 aliphatic carbocycles. The molecular formula is C14H20ClNO3. The maximum Gasteiger partial charge on any atom is 0.338 e. The first-order chi connectivity index (χ1) is 8.70. The third-order valence-electron chi connectivity index (χ3n) is 3.41. The lowest BCUT2D eigenvalue weighted by Gasteiger charge is -2.25. The van der Waals surface area contributed by atoms with E-state index < -0.39 is 5.60 Å². The summed E-state index contributed by atoms with van der Waals surface area (Å²) in [6.07, 6.45) is 2.18. The van der Waals surface area contributed by atoms with Crippen molar-refractivity contribution in [2.75, 3.05) is 13.7 Å². The molecule has 2 N–H and O–H groups in total. The van der Waals surface area contributed by atoms with Crippen LogP contribution in [0.4, 0.5) is 0 Å². The Bertz CT molecular complexity index is 413. The van der Waals surface area contributed by atoms with Crippen molar-refractivity contribution in [2.24, 2.45) is 5.73 Å². The Hall–Kier alpha value is -1.10. The molecule has 1 aromatic rings. The first-order valence-electron chi connectivity index (χ1n) is 6.20. The van der Waals surface area contributed by atoms with Crippen LogP contribution in [0.15, 0.2) is 24.3 Å². The standard InChI is InChI=1S/C14H19NO3.ClH/c1-17-13(16)14(7-2-8-18-14)9-11-3-5-12(10-15)6-4-11;/h3-6H,2,7-10,15H2,1H3;1H. The van der Waals surface area contributed by atoms with Gasteiger partial charge in [-0.3, -0.25) is 0 Å². The fraction of sp³-hybridized carbons (Fsp3) is 0.500. The van der Waals surface area contributed by atoms with Crippen LogP contribution in [0.5, 0.6) is 0 Å². The number of nitrogens with two attached hydrogens (primary N) is 1. The number of hydrogen-bond donors (Lipinski definition) is 1. The van der Waals surface area contributed by atoms with Crippen LogP contribution < -0.4 is 5.73 Å². The third-order valence-corrected chi connectivity index (χ3v) is 3.41. The van der Waals surface area contributed by atoms with Gasteiger partial charge in [0.05, 0.1) is 7.11 Å². The van der Waals surface area contributed by atoms with E-state index in [1.54, 1.807) is 0 Å². The Balaban J connectivity index is 0.00000180. The van der Waals surface area contributed by atoms with Gasteiger partial charge in [-0.2, -0.15) is 0 Å². The molecule has 4 nitrogen and oxygen atoms in total. The first kappa shape index (κ1) is 16.0. The van der Waals surface area contributed by atoms with Crippen LogP contribution >= 0.6 is 12.4 Å². The van der Waals surface area contributed by atoms with E-state index in [4.69, 9.17) is 15.2 Å². The molecule has 19 heavy (non-hydrogen) atoms. The molecule has 1 atom stereocenters. The molecule has 5 heteroatoms. The van der Waals surface area contributed by atoms with Crippen LogP contribution in [-0.4, -0.2) is 25.3 Å². The minimum Gasteiger partial charge on any atom is -0.467 e. The second-order valence-electron chi connectivity index (χ2n) is 4.64. The lowest BCUT2D eigenvalue weighted by Crippen LogP contribution is -2.41. The van der Waals surface area contributed by atoms with E-state index in [0.717, 1.165) is 24.0 Å². The molecule has 0 amide bonds. The molecule has 1 saturated heterocycles. The molecule has 2 rings (SSSR count). The molecule has 0 aromatic heterocycles. The average molecular weight is 286 g/mol. The maximum atomic E-state index is 11.9. The zero-order valence-corrected chi connectivity index (χ0v) is 11.9. The largest absolute Gasteiger partial charge is 0.467 e. The van der Waals surface area contributed by atoms with E-state index >= 15 is 0 Å². The molecule has 1 heterocycles. The Morgan fingerprint density at radius 2 is 2.00 bits per heavy atom. The highest BCUT2D eigenvalue weighted by molar-refractivity contribution is 5.85. The van der Waals surface area contributed by atoms with Gasteiger partial charge in [-0.1, -0.05) is 24.3 Å². The lowest BCUT2D eigenvalue weighted by atomic mass is 9.91. The van der Waals surface area contributed by atoms with Crippen LogP contribution in [0.2, 0.25) is 0 Å². The Morgan fingerprint density at radius 1 is 1.37 bits per heavy atom. The highest BCUT2D eigenvalue weighted by Gasteiger charge is 2.43. The molecule has 0 radical (unpaired) electrons. The fourth-order valence-electron chi connectivity index (χ4n) is 2.38. The SMILES string of the molecule is COC(=O)C1(Cc2ccc(CN)cc2)CCCO1.Cl. The molecule has 0 spiro atoms. The molecule has 1 unspecified atom stereocenters. The summed E-state index contributed by atoms with van der Waals surface area (Å²) in [6, 6.07) is 7.95. The zero-order valence-electron chi connectivity index (χ0n) is 11.1. The van der Waals surface area contributed by atoms with Gasteiger partial charge in [0.25, 0.3) is 0 Å². The first-order valence-corrected chi connectivity index (χ1v) is 6.20. The summed E-state index contributed by atoms with van der Waals surface area (Å²) in [5.41, 5.74) is 6.92. The van der Waals surface area contributed by atoms with Crippen LogP contribution in [0.1, 0.15) is 24.0 Å². The summed E-state index contributed by atoms with van der Waals surface area (Å²) in [5.74, 6) is -0.275. The smallest absolute Gasteiger partial charge is 0.338 e. The number of rotatable bonds is 4. The predicted octanol–water partition coefficient (Wildman–Crippen LogP) is 1.83. The molecule has 106 valence electrons. The van der Waals surface area contributed by atoms with Gasteiger partial charge in [-0.15, -0.1) is 12.4 Å². The van der Waals surface area contributed by atoms with E-state index in [1.807, 2.05) is 24.3 Å². The van der Waals surface area contributed by atoms with Gasteiger partial charge in [0, 0.05) is 19.6 Å². The van der Waals surface area contributed by atoms with Crippen molar-refractivity contribution in [3.8, 4) is 0 Å². The minimum absolute atomic E-state index is 0. The molecular weight excluding hydrogens is 266 g/mol. The topological polar surface area (TPSA) is 61.5 Å². The normalized spacial score (nSPS) is 21.8. The van der Waals surface area contributed by atoms with Crippen molar-refractivity contribution in [3.05, 3.63) is 35.4 Å². The second kappa shape index (κ2) is 6.89. The third kappa shape index (κ3) is 3.47. The van der Waals surface area contributed by atoms with Gasteiger partial charge < -0.3 is 15.2 Å². The quantitative estimate of drug-likeness (QED) is 0.858. The van der Waals surface area contributed by atoms with Crippen LogP contribution in [0, 0.1) is 0 Å². The van der Waals surface area contributed by atoms with Gasteiger partial charge in [-0.05, 0) is 24.0 Å². The summed E-state index contributed by atoms with van der Waals surface area (Å²) < 4.78 is 10.5. The van der Waals surface area contributed by atoms with Crippen LogP contribution in [0.3, 0.4) is 0 Å². The number of ether oxygens (including phenoxy) is 2. The van der Waals surface area contributed by atoms with Crippen molar-refractivity contribution in [3.63, 3.8) is 0 Å². The van der Waals surface area contributed by atoms with Crippen molar-refractivity contribution in [1.82, 2.24) is 0 Å². The number of halogens is 1. The summed E-state index contributed by atoms with van der Waals surface area (Å²) >= 11 is 0. The van der Waals surface area contributed by atoms with E-state index in [1.165, 1.54) is 7.11 Å². The summed E-state index contributed by atoms with van der Waals surface area (Å²) in [6.45, 7) is 1.15. The van der Waals surface area contributed by atoms with Crippen LogP contribution in [-0.2, 0) is 27.2 Å². The zero-order chi connectivity index (χ0) is 13.0. The molecule has 1 aliphatic heterocycles. The highest BCUT2D eigenvalue weighted by atomic mass is 35.5. The number of hydrogen-bond acceptors (Lipinski definition) is 4. The average Bonchev–Trinajstić information content (AvgIpc) is 2.88. The summed E-state index contributed by atoms with van der Waals surface area (Å²) in [5, 5.41) is 0. The molecule has 0 bridgehead atoms. The van der Waals surface area contributed by atoms with Gasteiger partial charge in [-0.25, -0.2) is 4.79 Å². The molecule has 0 saturated carbocycles. The van der Waals surface area contributed by atoms with Crippen molar-refractivity contribution in [2.45, 2.75) is 31.4 Å². The monoisotopic (exact) mass is 285 g/mol. The molecule has 1 aliphatic rings. The fourth-order valence-corrected chi connectivity index (χ4v) is 2.38. The van der Waals surface area contributed by atoms with Crippen molar-refractivity contribution < 1.29 is 14.3 Å². The number of carbonyl (C=O) groups excluding carboxylic acids is 1. The van der Waals surface area contributed by atoms with Gasteiger partial charge >= 0.3 is 5.97 Å². The Kier molecular flexibility index (Phi) is 5.79. The molecule has 1 aromatic carbocycles. The van der Waals surface area contributed by atoms with E-state index in [2.05, 4.69) is 0 Å². The number of benzene rings is 1.